The Bertz CT molecular complexity index is 3010. The van der Waals surface area contributed by atoms with Crippen molar-refractivity contribution >= 4 is 58.0 Å². The molecule has 2 amide bonds. The minimum atomic E-state index is -3.87. The Kier molecular flexibility index (Phi) is 15.7. The van der Waals surface area contributed by atoms with Crippen LogP contribution in [0.2, 0.25) is 0 Å². The molecule has 0 aliphatic carbocycles. The molecule has 0 radical (unpaired) electrons. The highest BCUT2D eigenvalue weighted by Gasteiger charge is 2.30. The van der Waals surface area contributed by atoms with Gasteiger partial charge >= 0.3 is 11.1 Å². The summed E-state index contributed by atoms with van der Waals surface area (Å²) in [5.74, 6) is 1.65. The molecule has 8 rings (SSSR count). The van der Waals surface area contributed by atoms with Gasteiger partial charge in [0.25, 0.3) is 11.8 Å². The van der Waals surface area contributed by atoms with Gasteiger partial charge in [0.05, 0.1) is 42.2 Å². The third-order valence-electron chi connectivity index (χ3n) is 10.6. The highest BCUT2D eigenvalue weighted by atomic mass is 35.5. The molecule has 6 aromatic rings. The van der Waals surface area contributed by atoms with Crippen LogP contribution in [0.15, 0.2) is 97.6 Å². The van der Waals surface area contributed by atoms with E-state index < -0.39 is 41.0 Å². The Morgan fingerprint density at radius 2 is 1.23 bits per heavy atom. The number of alkyl halides is 6. The molecule has 0 bridgehead atoms. The van der Waals surface area contributed by atoms with E-state index in [-0.39, 0.29) is 46.1 Å². The lowest BCUT2D eigenvalue weighted by molar-refractivity contribution is -0.0972. The van der Waals surface area contributed by atoms with Gasteiger partial charge < -0.3 is 44.9 Å². The number of rotatable bonds is 13. The molecule has 2 aromatic carbocycles. The van der Waals surface area contributed by atoms with E-state index in [2.05, 4.69) is 46.0 Å². The quantitative estimate of drug-likeness (QED) is 0.0488. The van der Waals surface area contributed by atoms with Crippen molar-refractivity contribution in [2.45, 2.75) is 36.2 Å². The molecule has 2 aliphatic heterocycles. The van der Waals surface area contributed by atoms with Crippen LogP contribution in [0.1, 0.15) is 44.8 Å². The lowest BCUT2D eigenvalue weighted by Gasteiger charge is -2.21. The number of terminal acetylenes is 1. The van der Waals surface area contributed by atoms with Gasteiger partial charge in [-0.2, -0.15) is 5.26 Å². The number of pyridine rings is 4. The second-order valence-electron chi connectivity index (χ2n) is 15.6. The fourth-order valence-electron chi connectivity index (χ4n) is 7.43. The number of aliphatic hydroxyl groups is 2. The van der Waals surface area contributed by atoms with Gasteiger partial charge in [-0.15, -0.1) is 24.0 Å². The van der Waals surface area contributed by atoms with Gasteiger partial charge in [0.15, 0.2) is 0 Å². The molecule has 4 aromatic heterocycles. The first-order valence-corrected chi connectivity index (χ1v) is 21.8. The third kappa shape index (κ3) is 13.3. The largest absolute Gasteiger partial charge is 0.487 e. The topological polar surface area (TPSA) is 208 Å². The van der Waals surface area contributed by atoms with Crippen molar-refractivity contribution in [2.24, 2.45) is 0 Å². The zero-order valence-electron chi connectivity index (χ0n) is 36.9. The molecular weight excluding hydrogens is 980 g/mol. The number of carbonyl (C=O) groups excluding carboxylic acids is 2. The van der Waals surface area contributed by atoms with Gasteiger partial charge in [-0.1, -0.05) is 5.92 Å². The molecule has 366 valence electrons. The number of halogens is 7. The molecule has 0 spiro atoms. The first-order valence-electron chi connectivity index (χ1n) is 21.1. The molecule has 0 unspecified atom stereocenters. The van der Waals surface area contributed by atoms with Gasteiger partial charge in [0, 0.05) is 102 Å². The zero-order chi connectivity index (χ0) is 51.0. The molecule has 2 saturated heterocycles. The van der Waals surface area contributed by atoms with E-state index >= 15 is 0 Å². The van der Waals surface area contributed by atoms with E-state index in [1.165, 1.54) is 74.1 Å². The van der Waals surface area contributed by atoms with Crippen LogP contribution in [0.25, 0.3) is 22.3 Å². The Morgan fingerprint density at radius 3 is 1.66 bits per heavy atom. The van der Waals surface area contributed by atoms with Gasteiger partial charge in [0.1, 0.15) is 40.7 Å². The lowest BCUT2D eigenvalue weighted by atomic mass is 10.0. The minimum absolute atomic E-state index is 0.0570. The number of ether oxygens (including phenoxy) is 3. The lowest BCUT2D eigenvalue weighted by Crippen LogP contribution is -2.23. The van der Waals surface area contributed by atoms with E-state index in [1.54, 1.807) is 23.2 Å². The summed E-state index contributed by atoms with van der Waals surface area (Å²) in [7, 11) is 1.46. The zero-order valence-corrected chi connectivity index (χ0v) is 38.4. The van der Waals surface area contributed by atoms with E-state index in [1.807, 2.05) is 11.0 Å². The average Bonchev–Trinajstić information content (AvgIpc) is 3.99. The maximum absolute atomic E-state index is 14.0. The Balaban J connectivity index is 0.000000209. The Labute approximate surface area is 411 Å². The van der Waals surface area contributed by atoms with Crippen LogP contribution in [0.3, 0.4) is 0 Å². The molecule has 16 nitrogen and oxygen atoms in total. The van der Waals surface area contributed by atoms with Gasteiger partial charge in [-0.05, 0) is 85.6 Å². The third-order valence-corrected chi connectivity index (χ3v) is 10.8. The number of nitrogens with one attached hydrogen (secondary N) is 2. The summed E-state index contributed by atoms with van der Waals surface area (Å²) in [6.45, 7) is 1.75. The number of amides is 2. The summed E-state index contributed by atoms with van der Waals surface area (Å²) < 4.78 is 78.9. The fourth-order valence-corrected chi connectivity index (χ4v) is 7.61. The molecule has 2 aliphatic rings. The van der Waals surface area contributed by atoms with E-state index in [0.717, 1.165) is 12.3 Å². The maximum atomic E-state index is 14.0. The molecule has 0 saturated carbocycles. The van der Waals surface area contributed by atoms with E-state index in [4.69, 9.17) is 34.4 Å². The summed E-state index contributed by atoms with van der Waals surface area (Å²) in [6, 6.07) is 18.2. The summed E-state index contributed by atoms with van der Waals surface area (Å²) in [6.07, 6.45) is 10.9. The summed E-state index contributed by atoms with van der Waals surface area (Å²) in [5, 5.41) is 34.7. The van der Waals surface area contributed by atoms with Crippen molar-refractivity contribution in [3.05, 3.63) is 126 Å². The first-order chi connectivity index (χ1) is 33.8. The van der Waals surface area contributed by atoms with Gasteiger partial charge in [-0.25, -0.2) is 24.3 Å². The molecule has 6 heterocycles. The monoisotopic (exact) mass is 1020 g/mol. The molecule has 23 heteroatoms. The van der Waals surface area contributed by atoms with Crippen molar-refractivity contribution < 1.29 is 56.0 Å². The van der Waals surface area contributed by atoms with Crippen LogP contribution in [-0.4, -0.2) is 98.6 Å². The smallest absolute Gasteiger partial charge is 0.480 e. The molecule has 2 atom stereocenters. The van der Waals surface area contributed by atoms with Crippen LogP contribution in [0.5, 0.6) is 17.4 Å². The number of methoxy groups -OCH3 is 1. The predicted molar refractivity (Wildman–Crippen MR) is 251 cm³/mol. The van der Waals surface area contributed by atoms with Crippen LogP contribution >= 0.6 is 23.2 Å². The number of anilines is 4. The van der Waals surface area contributed by atoms with Crippen molar-refractivity contribution in [3.8, 4) is 58.0 Å². The number of β-amino-alcohol motifs (C(OH)–C–C–N with tert-alkyl or cyclic N) is 2. The summed E-state index contributed by atoms with van der Waals surface area (Å²) in [4.78, 5) is 46.5. The van der Waals surface area contributed by atoms with Crippen LogP contribution in [0.4, 0.5) is 45.0 Å². The maximum Gasteiger partial charge on any atom is 0.487 e. The number of aliphatic hydroxyl groups excluding tert-OH is 2. The van der Waals surface area contributed by atoms with Crippen molar-refractivity contribution in [2.75, 3.05) is 53.7 Å². The molecular formula is C48H38Cl2F5N9O7. The molecule has 4 N–H and O–H groups in total. The normalized spacial score (nSPS) is 15.4. The Morgan fingerprint density at radius 1 is 0.732 bits per heavy atom. The predicted octanol–water partition coefficient (Wildman–Crippen LogP) is 8.27. The SMILES string of the molecule is C#Cc1cc(-c2cc(C(=O)Nc3ccc(OC(F)(F)Cl)cc3)cnc2N2CC[C@@H](O)C2)cnc1OC.N#Cc1ncc(F)cc1-c1cc(C(=O)Nc2ccc(OC(F)(F)Cl)cc2)cnc1N1CC[C@@H](O)C1. The molecule has 2 fully saturated rings. The van der Waals surface area contributed by atoms with Crippen molar-refractivity contribution in [3.63, 3.8) is 0 Å². The minimum Gasteiger partial charge on any atom is -0.480 e. The highest BCUT2D eigenvalue weighted by molar-refractivity contribution is 6.21. The van der Waals surface area contributed by atoms with Gasteiger partial charge in [0.2, 0.25) is 5.88 Å². The fraction of sp³-hybridized carbons (Fsp3) is 0.229. The number of hydrogen-bond donors (Lipinski definition) is 4. The van der Waals surface area contributed by atoms with Crippen LogP contribution in [-0.2, 0) is 0 Å². The number of hydrogen-bond acceptors (Lipinski definition) is 14. The summed E-state index contributed by atoms with van der Waals surface area (Å²) in [5.41, 5.74) is -4.73. The first kappa shape index (κ1) is 51.0. The summed E-state index contributed by atoms with van der Waals surface area (Å²) >= 11 is 9.51. The van der Waals surface area contributed by atoms with E-state index in [9.17, 15) is 47.0 Å². The second-order valence-corrected chi connectivity index (χ2v) is 16.5. The van der Waals surface area contributed by atoms with E-state index in [0.29, 0.717) is 77.9 Å². The number of aromatic nitrogens is 4. The number of nitriles is 1. The number of carbonyl (C=O) groups is 2. The van der Waals surface area contributed by atoms with Gasteiger partial charge in [-0.3, -0.25) is 9.59 Å². The number of nitrogens with zero attached hydrogens (tertiary/aromatic N) is 7. The molecule has 71 heavy (non-hydrogen) atoms. The highest BCUT2D eigenvalue weighted by Crippen LogP contribution is 2.36. The second kappa shape index (κ2) is 21.9. The van der Waals surface area contributed by atoms with Crippen LogP contribution in [0, 0.1) is 29.5 Å². The number of benzene rings is 2. The average molecular weight is 1020 g/mol. The Hall–Kier alpha value is -7.82. The standard InChI is InChI=1S/C25H21ClF2N4O4.C23H17ClF3N5O3/c1-3-15-10-16(12-30-24(15)35-2)21-11-17(13-29-22(21)32-9-8-19(33)14-32)23(34)31-18-4-6-20(7-5-18)36-25(26,27)28;24-23(26,27)35-17-3-1-15(2-4-17)31-22(34)13-7-19(18-8-14(25)11-29-20(18)9-28)21(30-10-13)32-6-5-16(33)12-32/h1,4-7,10-13,19,33H,8-9,14H2,2H3,(H,31,34);1-4,7-8,10-11,16,33H,5-6,12H2,(H,31,34)/t19-;16-/m11/s1. The van der Waals surface area contributed by atoms with Crippen molar-refractivity contribution in [1.29, 1.82) is 5.26 Å². The van der Waals surface area contributed by atoms with Crippen LogP contribution < -0.4 is 34.6 Å². The van der Waals surface area contributed by atoms with Crippen molar-refractivity contribution in [1.82, 2.24) is 19.9 Å².